The molecular formula is C33H48O2. The molecule has 0 aliphatic rings. The number of carbonyl (C=O) groups is 1. The Balaban J connectivity index is 1.56. The van der Waals surface area contributed by atoms with Crippen molar-refractivity contribution in [3.63, 3.8) is 0 Å². The summed E-state index contributed by atoms with van der Waals surface area (Å²) in [6.45, 7) is 6.37. The molecule has 0 aliphatic heterocycles. The molecule has 2 nitrogen and oxygen atoms in total. The van der Waals surface area contributed by atoms with Crippen LogP contribution in [0.3, 0.4) is 0 Å². The van der Waals surface area contributed by atoms with E-state index in [-0.39, 0.29) is 5.97 Å². The van der Waals surface area contributed by atoms with Crippen LogP contribution in [0.4, 0.5) is 0 Å². The summed E-state index contributed by atoms with van der Waals surface area (Å²) in [7, 11) is 0. The van der Waals surface area contributed by atoms with Gasteiger partial charge in [0.05, 0.1) is 0 Å². The molecule has 0 atom stereocenters. The molecule has 0 amide bonds. The number of aryl methyl sites for hydroxylation is 2. The van der Waals surface area contributed by atoms with Crippen molar-refractivity contribution in [2.45, 2.75) is 117 Å². The number of rotatable bonds is 18. The van der Waals surface area contributed by atoms with Crippen LogP contribution in [0.25, 0.3) is 11.1 Å². The minimum atomic E-state index is -0.297. The van der Waals surface area contributed by atoms with Gasteiger partial charge in [-0.2, -0.15) is 0 Å². The van der Waals surface area contributed by atoms with Crippen LogP contribution in [-0.2, 0) is 4.79 Å². The van der Waals surface area contributed by atoms with Crippen molar-refractivity contribution >= 4 is 5.97 Å². The molecule has 0 aliphatic carbocycles. The van der Waals surface area contributed by atoms with Gasteiger partial charge in [-0.25, -0.2) is 4.79 Å². The van der Waals surface area contributed by atoms with Crippen LogP contribution in [0.15, 0.2) is 54.6 Å². The van der Waals surface area contributed by atoms with Gasteiger partial charge in [-0.3, -0.25) is 0 Å². The van der Waals surface area contributed by atoms with E-state index in [1.165, 1.54) is 89.0 Å². The van der Waals surface area contributed by atoms with E-state index in [9.17, 15) is 4.79 Å². The van der Waals surface area contributed by atoms with Gasteiger partial charge in [-0.05, 0) is 43.9 Å². The van der Waals surface area contributed by atoms with Crippen LogP contribution in [-0.4, -0.2) is 5.97 Å². The molecule has 0 spiro atoms. The van der Waals surface area contributed by atoms with E-state index in [1.807, 2.05) is 25.1 Å². The highest BCUT2D eigenvalue weighted by atomic mass is 16.5. The van der Waals surface area contributed by atoms with Gasteiger partial charge in [0.25, 0.3) is 0 Å². The first-order valence-electron chi connectivity index (χ1n) is 14.2. The zero-order valence-corrected chi connectivity index (χ0v) is 22.6. The lowest BCUT2D eigenvalue weighted by Crippen LogP contribution is -2.05. The van der Waals surface area contributed by atoms with E-state index in [1.54, 1.807) is 6.08 Å². The van der Waals surface area contributed by atoms with Crippen LogP contribution in [0.2, 0.25) is 0 Å². The zero-order valence-electron chi connectivity index (χ0n) is 22.6. The summed E-state index contributed by atoms with van der Waals surface area (Å²) in [6.07, 6.45) is 23.6. The lowest BCUT2D eigenvalue weighted by atomic mass is 10.0. The third kappa shape index (κ3) is 12.8. The molecular weight excluding hydrogens is 428 g/mol. The molecule has 0 radical (unpaired) electrons. The third-order valence-corrected chi connectivity index (χ3v) is 6.69. The lowest BCUT2D eigenvalue weighted by molar-refractivity contribution is -0.128. The highest BCUT2D eigenvalue weighted by Gasteiger charge is 2.10. The van der Waals surface area contributed by atoms with Gasteiger partial charge in [0.1, 0.15) is 5.75 Å². The standard InChI is InChI=1S/C33H48O2/c1-4-5-6-7-8-9-10-11-12-13-14-15-16-17-18-19-20-33(34)35-32-27-29(3)23-26-31(32)30-24-21-28(2)22-25-30/h19-27H,4-18H2,1-3H3. The fourth-order valence-electron chi connectivity index (χ4n) is 4.46. The van der Waals surface area contributed by atoms with Gasteiger partial charge in [0.2, 0.25) is 0 Å². The molecule has 0 bridgehead atoms. The maximum Gasteiger partial charge on any atom is 0.335 e. The number of allylic oxidation sites excluding steroid dienone is 1. The molecule has 0 saturated heterocycles. The number of benzene rings is 2. The Hall–Kier alpha value is -2.35. The summed E-state index contributed by atoms with van der Waals surface area (Å²) in [4.78, 5) is 12.4. The van der Waals surface area contributed by atoms with E-state index >= 15 is 0 Å². The Labute approximate surface area is 215 Å². The number of carbonyl (C=O) groups excluding carboxylic acids is 1. The Morgan fingerprint density at radius 1 is 0.686 bits per heavy atom. The predicted octanol–water partition coefficient (Wildman–Crippen LogP) is 10.3. The van der Waals surface area contributed by atoms with E-state index in [2.05, 4.69) is 44.2 Å². The first-order chi connectivity index (χ1) is 17.1. The minimum absolute atomic E-state index is 0.297. The molecule has 35 heavy (non-hydrogen) atoms. The van der Waals surface area contributed by atoms with Crippen LogP contribution < -0.4 is 4.74 Å². The smallest absolute Gasteiger partial charge is 0.335 e. The molecule has 2 heteroatoms. The fourth-order valence-corrected chi connectivity index (χ4v) is 4.46. The van der Waals surface area contributed by atoms with Gasteiger partial charge < -0.3 is 4.74 Å². The molecule has 2 aromatic carbocycles. The number of unbranched alkanes of at least 4 members (excludes halogenated alkanes) is 14. The summed E-state index contributed by atoms with van der Waals surface area (Å²) in [6, 6.07) is 14.3. The summed E-state index contributed by atoms with van der Waals surface area (Å²) >= 11 is 0. The van der Waals surface area contributed by atoms with E-state index < -0.39 is 0 Å². The summed E-state index contributed by atoms with van der Waals surface area (Å²) < 4.78 is 5.71. The summed E-state index contributed by atoms with van der Waals surface area (Å²) in [5.74, 6) is 0.328. The Morgan fingerprint density at radius 2 is 1.20 bits per heavy atom. The molecule has 0 aromatic heterocycles. The van der Waals surface area contributed by atoms with Gasteiger partial charge in [-0.1, -0.05) is 138 Å². The third-order valence-electron chi connectivity index (χ3n) is 6.69. The van der Waals surface area contributed by atoms with Gasteiger partial charge in [-0.15, -0.1) is 0 Å². The Morgan fingerprint density at radius 3 is 1.77 bits per heavy atom. The molecule has 0 fully saturated rings. The van der Waals surface area contributed by atoms with Crippen molar-refractivity contribution in [1.82, 2.24) is 0 Å². The second-order valence-corrected chi connectivity index (χ2v) is 10.1. The molecule has 2 rings (SSSR count). The fraction of sp³-hybridized carbons (Fsp3) is 0.545. The van der Waals surface area contributed by atoms with Crippen molar-refractivity contribution in [2.75, 3.05) is 0 Å². The predicted molar refractivity (Wildman–Crippen MR) is 151 cm³/mol. The van der Waals surface area contributed by atoms with Crippen molar-refractivity contribution in [3.8, 4) is 16.9 Å². The lowest BCUT2D eigenvalue weighted by Gasteiger charge is -2.10. The van der Waals surface area contributed by atoms with Crippen LogP contribution >= 0.6 is 0 Å². The molecule has 0 saturated carbocycles. The first kappa shape index (κ1) is 28.9. The number of hydrogen-bond donors (Lipinski definition) is 0. The average Bonchev–Trinajstić information content (AvgIpc) is 2.84. The highest BCUT2D eigenvalue weighted by molar-refractivity contribution is 5.86. The van der Waals surface area contributed by atoms with E-state index in [4.69, 9.17) is 4.74 Å². The normalized spacial score (nSPS) is 11.3. The number of ether oxygens (including phenoxy) is 1. The maximum atomic E-state index is 12.4. The van der Waals surface area contributed by atoms with Crippen molar-refractivity contribution < 1.29 is 9.53 Å². The molecule has 2 aromatic rings. The molecule has 0 unspecified atom stereocenters. The van der Waals surface area contributed by atoms with Gasteiger partial charge in [0.15, 0.2) is 0 Å². The molecule has 0 N–H and O–H groups in total. The maximum absolute atomic E-state index is 12.4. The van der Waals surface area contributed by atoms with Crippen LogP contribution in [0.1, 0.15) is 114 Å². The Kier molecular flexibility index (Phi) is 14.8. The zero-order chi connectivity index (χ0) is 25.1. The summed E-state index contributed by atoms with van der Waals surface area (Å²) in [5, 5.41) is 0. The van der Waals surface area contributed by atoms with E-state index in [0.717, 1.165) is 29.5 Å². The van der Waals surface area contributed by atoms with Gasteiger partial charge in [0, 0.05) is 11.6 Å². The van der Waals surface area contributed by atoms with E-state index in [0.29, 0.717) is 5.75 Å². The van der Waals surface area contributed by atoms with Crippen molar-refractivity contribution in [2.24, 2.45) is 0 Å². The van der Waals surface area contributed by atoms with Crippen molar-refractivity contribution in [1.29, 1.82) is 0 Å². The average molecular weight is 477 g/mol. The van der Waals surface area contributed by atoms with Crippen LogP contribution in [0, 0.1) is 13.8 Å². The number of hydrogen-bond acceptors (Lipinski definition) is 2. The summed E-state index contributed by atoms with van der Waals surface area (Å²) in [5.41, 5.74) is 4.30. The number of esters is 1. The molecule has 0 heterocycles. The SMILES string of the molecule is CCCCCCCCCCCCCCCCC=CC(=O)Oc1cc(C)ccc1-c1ccc(C)cc1. The quantitative estimate of drug-likeness (QED) is 0.0925. The second kappa shape index (κ2) is 18.0. The topological polar surface area (TPSA) is 26.3 Å². The largest absolute Gasteiger partial charge is 0.423 e. The first-order valence-corrected chi connectivity index (χ1v) is 14.2. The van der Waals surface area contributed by atoms with Gasteiger partial charge >= 0.3 is 5.97 Å². The minimum Gasteiger partial charge on any atom is -0.423 e. The molecule has 192 valence electrons. The van der Waals surface area contributed by atoms with Crippen LogP contribution in [0.5, 0.6) is 5.75 Å². The van der Waals surface area contributed by atoms with Crippen molar-refractivity contribution in [3.05, 3.63) is 65.7 Å². The second-order valence-electron chi connectivity index (χ2n) is 10.1. The monoisotopic (exact) mass is 476 g/mol. The highest BCUT2D eigenvalue weighted by Crippen LogP contribution is 2.31. The Bertz CT molecular complexity index is 863.